The van der Waals surface area contributed by atoms with Gasteiger partial charge in [-0.05, 0) is 19.4 Å². The minimum Gasteiger partial charge on any atom is -0.350 e. The van der Waals surface area contributed by atoms with Crippen molar-refractivity contribution >= 4 is 24.2 Å². The van der Waals surface area contributed by atoms with Crippen LogP contribution >= 0.6 is 12.4 Å². The van der Waals surface area contributed by atoms with Gasteiger partial charge in [0.05, 0.1) is 12.1 Å². The zero-order valence-corrected chi connectivity index (χ0v) is 10.9. The van der Waals surface area contributed by atoms with E-state index in [2.05, 4.69) is 10.6 Å². The molecule has 2 N–H and O–H groups in total. The number of carbonyl (C=O) groups excluding carboxylic acids is 2. The lowest BCUT2D eigenvalue weighted by Crippen LogP contribution is -2.50. The predicted octanol–water partition coefficient (Wildman–Crippen LogP) is -0.103. The first-order valence-electron chi connectivity index (χ1n) is 5.94. The quantitative estimate of drug-likeness (QED) is 0.730. The zero-order valence-electron chi connectivity index (χ0n) is 10.1. The second-order valence-electron chi connectivity index (χ2n) is 4.69. The summed E-state index contributed by atoms with van der Waals surface area (Å²) >= 11 is 0. The van der Waals surface area contributed by atoms with Crippen LogP contribution in [0.5, 0.6) is 0 Å². The molecule has 2 saturated heterocycles. The number of carbonyl (C=O) groups is 2. The third-order valence-electron chi connectivity index (χ3n) is 3.31. The molecule has 2 aliphatic rings. The highest BCUT2D eigenvalue weighted by Crippen LogP contribution is 2.11. The molecule has 98 valence electrons. The van der Waals surface area contributed by atoms with E-state index in [4.69, 9.17) is 0 Å². The number of hydrogen-bond acceptors (Lipinski definition) is 3. The molecule has 0 spiro atoms. The molecule has 0 aromatic heterocycles. The van der Waals surface area contributed by atoms with Crippen LogP contribution in [0.25, 0.3) is 0 Å². The third kappa shape index (κ3) is 3.57. The van der Waals surface area contributed by atoms with Crippen LogP contribution in [0.2, 0.25) is 0 Å². The van der Waals surface area contributed by atoms with Crippen LogP contribution < -0.4 is 10.6 Å². The first kappa shape index (κ1) is 14.3. The number of piperidine rings is 1. The van der Waals surface area contributed by atoms with Crippen molar-refractivity contribution in [2.75, 3.05) is 20.1 Å². The lowest BCUT2D eigenvalue weighted by atomic mass is 10.0. The van der Waals surface area contributed by atoms with Crippen molar-refractivity contribution in [1.29, 1.82) is 0 Å². The van der Waals surface area contributed by atoms with Crippen molar-refractivity contribution in [1.82, 2.24) is 15.5 Å². The summed E-state index contributed by atoms with van der Waals surface area (Å²) in [7, 11) is 1.77. The van der Waals surface area contributed by atoms with E-state index in [0.717, 1.165) is 25.8 Å². The molecule has 17 heavy (non-hydrogen) atoms. The van der Waals surface area contributed by atoms with Crippen LogP contribution in [0.15, 0.2) is 0 Å². The Morgan fingerprint density at radius 3 is 2.76 bits per heavy atom. The number of rotatable bonds is 2. The molecule has 5 nitrogen and oxygen atoms in total. The van der Waals surface area contributed by atoms with Gasteiger partial charge in [0.2, 0.25) is 11.8 Å². The first-order valence-corrected chi connectivity index (χ1v) is 5.94. The third-order valence-corrected chi connectivity index (χ3v) is 3.31. The van der Waals surface area contributed by atoms with Crippen molar-refractivity contribution in [3.63, 3.8) is 0 Å². The molecule has 0 aromatic rings. The van der Waals surface area contributed by atoms with E-state index >= 15 is 0 Å². The zero-order chi connectivity index (χ0) is 11.5. The van der Waals surface area contributed by atoms with Gasteiger partial charge in [-0.15, -0.1) is 12.4 Å². The minimum absolute atomic E-state index is 0. The van der Waals surface area contributed by atoms with Gasteiger partial charge in [0.25, 0.3) is 0 Å². The average molecular weight is 262 g/mol. The molecule has 6 heteroatoms. The molecule has 1 unspecified atom stereocenters. The van der Waals surface area contributed by atoms with E-state index < -0.39 is 0 Å². The molecule has 2 amide bonds. The molecule has 2 heterocycles. The number of likely N-dealkylation sites (tertiary alicyclic amines) is 1. The topological polar surface area (TPSA) is 61.4 Å². The molecule has 2 atom stereocenters. The minimum atomic E-state index is -0.0604. The number of nitrogens with zero attached hydrogens (tertiary/aromatic N) is 1. The SMILES string of the molecule is CN1CC(NC(=O)[C@@H]2CCCCN2)CC1=O.Cl. The Balaban J connectivity index is 0.00000144. The van der Waals surface area contributed by atoms with Crippen LogP contribution in [-0.4, -0.2) is 48.9 Å². The Bertz CT molecular complexity index is 292. The second-order valence-corrected chi connectivity index (χ2v) is 4.69. The van der Waals surface area contributed by atoms with E-state index in [1.165, 1.54) is 0 Å². The van der Waals surface area contributed by atoms with Crippen molar-refractivity contribution < 1.29 is 9.59 Å². The Morgan fingerprint density at radius 1 is 1.47 bits per heavy atom. The summed E-state index contributed by atoms with van der Waals surface area (Å²) in [5.74, 6) is 0.162. The van der Waals surface area contributed by atoms with Crippen molar-refractivity contribution in [3.8, 4) is 0 Å². The Morgan fingerprint density at radius 2 is 2.24 bits per heavy atom. The number of hydrogen-bond donors (Lipinski definition) is 2. The molecule has 2 rings (SSSR count). The number of amides is 2. The molecule has 0 saturated carbocycles. The summed E-state index contributed by atoms with van der Waals surface area (Å²) in [5.41, 5.74) is 0. The van der Waals surface area contributed by atoms with E-state index in [1.54, 1.807) is 11.9 Å². The second kappa shape index (κ2) is 6.21. The lowest BCUT2D eigenvalue weighted by Gasteiger charge is -2.24. The van der Waals surface area contributed by atoms with Gasteiger partial charge in [-0.3, -0.25) is 9.59 Å². The summed E-state index contributed by atoms with van der Waals surface area (Å²) in [5, 5.41) is 6.15. The number of likely N-dealkylation sites (N-methyl/N-ethyl adjacent to an activating group) is 1. The number of halogens is 1. The van der Waals surface area contributed by atoms with Gasteiger partial charge in [0.1, 0.15) is 0 Å². The van der Waals surface area contributed by atoms with Crippen molar-refractivity contribution in [3.05, 3.63) is 0 Å². The van der Waals surface area contributed by atoms with Crippen molar-refractivity contribution in [2.24, 2.45) is 0 Å². The highest BCUT2D eigenvalue weighted by atomic mass is 35.5. The smallest absolute Gasteiger partial charge is 0.237 e. The fourth-order valence-corrected chi connectivity index (χ4v) is 2.34. The Kier molecular flexibility index (Phi) is 5.21. The molecule has 0 aromatic carbocycles. The van der Waals surface area contributed by atoms with Gasteiger partial charge < -0.3 is 15.5 Å². The summed E-state index contributed by atoms with van der Waals surface area (Å²) in [4.78, 5) is 24.8. The van der Waals surface area contributed by atoms with Crippen LogP contribution in [0, 0.1) is 0 Å². The Labute approximate surface area is 108 Å². The van der Waals surface area contributed by atoms with E-state index in [9.17, 15) is 9.59 Å². The standard InChI is InChI=1S/C11H19N3O2.ClH/c1-14-7-8(6-10(14)15)13-11(16)9-4-2-3-5-12-9;/h8-9,12H,2-7H2,1H3,(H,13,16);1H/t8?,9-;/m0./s1. The fourth-order valence-electron chi connectivity index (χ4n) is 2.34. The van der Waals surface area contributed by atoms with Gasteiger partial charge in [0, 0.05) is 20.0 Å². The van der Waals surface area contributed by atoms with E-state index in [0.29, 0.717) is 13.0 Å². The average Bonchev–Trinajstić information content (AvgIpc) is 2.59. The van der Waals surface area contributed by atoms with Gasteiger partial charge in [0.15, 0.2) is 0 Å². The van der Waals surface area contributed by atoms with E-state index in [-0.39, 0.29) is 36.3 Å². The number of nitrogens with one attached hydrogen (secondary N) is 2. The predicted molar refractivity (Wildman–Crippen MR) is 67.1 cm³/mol. The summed E-state index contributed by atoms with van der Waals surface area (Å²) in [6.45, 7) is 1.55. The van der Waals surface area contributed by atoms with Crippen LogP contribution in [-0.2, 0) is 9.59 Å². The highest BCUT2D eigenvalue weighted by molar-refractivity contribution is 5.85. The van der Waals surface area contributed by atoms with Gasteiger partial charge in [-0.1, -0.05) is 6.42 Å². The molecule has 2 fully saturated rings. The molecular weight excluding hydrogens is 242 g/mol. The summed E-state index contributed by atoms with van der Waals surface area (Å²) in [6.07, 6.45) is 3.60. The van der Waals surface area contributed by atoms with Crippen LogP contribution in [0.4, 0.5) is 0 Å². The molecule has 0 radical (unpaired) electrons. The van der Waals surface area contributed by atoms with Gasteiger partial charge in [-0.2, -0.15) is 0 Å². The molecule has 0 aliphatic carbocycles. The highest BCUT2D eigenvalue weighted by Gasteiger charge is 2.30. The molecule has 2 aliphatic heterocycles. The largest absolute Gasteiger partial charge is 0.350 e. The van der Waals surface area contributed by atoms with Gasteiger partial charge in [-0.25, -0.2) is 0 Å². The van der Waals surface area contributed by atoms with Crippen LogP contribution in [0.3, 0.4) is 0 Å². The van der Waals surface area contributed by atoms with Gasteiger partial charge >= 0.3 is 0 Å². The molecular formula is C11H20ClN3O2. The lowest BCUT2D eigenvalue weighted by molar-refractivity contribution is -0.126. The van der Waals surface area contributed by atoms with Crippen molar-refractivity contribution in [2.45, 2.75) is 37.8 Å². The summed E-state index contributed by atoms with van der Waals surface area (Å²) in [6, 6.07) is -0.0662. The fraction of sp³-hybridized carbons (Fsp3) is 0.818. The normalized spacial score (nSPS) is 28.8. The Hall–Kier alpha value is -0.810. The first-order chi connectivity index (χ1) is 7.66. The summed E-state index contributed by atoms with van der Waals surface area (Å²) < 4.78 is 0. The molecule has 0 bridgehead atoms. The van der Waals surface area contributed by atoms with E-state index in [1.807, 2.05) is 0 Å². The monoisotopic (exact) mass is 261 g/mol. The van der Waals surface area contributed by atoms with Crippen LogP contribution in [0.1, 0.15) is 25.7 Å². The maximum atomic E-state index is 11.9. The maximum Gasteiger partial charge on any atom is 0.237 e. The maximum absolute atomic E-state index is 11.9.